The lowest BCUT2D eigenvalue weighted by molar-refractivity contribution is 0.102. The third-order valence-corrected chi connectivity index (χ3v) is 6.53. The van der Waals surface area contributed by atoms with Gasteiger partial charge in [0.05, 0.1) is 20.3 Å². The molecule has 0 aliphatic heterocycles. The van der Waals surface area contributed by atoms with Gasteiger partial charge in [0.15, 0.2) is 0 Å². The number of hydrogen-bond donors (Lipinski definition) is 1. The van der Waals surface area contributed by atoms with Crippen molar-refractivity contribution in [1.82, 2.24) is 4.57 Å². The molecular weight excluding hydrogens is 440 g/mol. The van der Waals surface area contributed by atoms with Gasteiger partial charge in [0.25, 0.3) is 11.5 Å². The van der Waals surface area contributed by atoms with Gasteiger partial charge < -0.3 is 19.4 Å². The van der Waals surface area contributed by atoms with Gasteiger partial charge in [-0.3, -0.25) is 9.59 Å². The first-order valence-corrected chi connectivity index (χ1v) is 11.5. The molecule has 0 bridgehead atoms. The molecule has 1 amide bonds. The molecule has 6 nitrogen and oxygen atoms in total. The first kappa shape index (κ1) is 22.5. The van der Waals surface area contributed by atoms with Crippen molar-refractivity contribution < 1.29 is 14.3 Å². The van der Waals surface area contributed by atoms with Crippen molar-refractivity contribution in [3.63, 3.8) is 0 Å². The van der Waals surface area contributed by atoms with E-state index < -0.39 is 5.91 Å². The molecule has 1 heterocycles. The highest BCUT2D eigenvalue weighted by Gasteiger charge is 2.28. The molecular formula is C29H26N2O4. The number of nitrogens with zero attached hydrogens (tertiary/aromatic N) is 1. The predicted octanol–water partition coefficient (Wildman–Crippen LogP) is 5.32. The molecule has 1 N–H and O–H groups in total. The number of amides is 1. The maximum absolute atomic E-state index is 13.3. The third-order valence-electron chi connectivity index (χ3n) is 6.53. The van der Waals surface area contributed by atoms with Crippen molar-refractivity contribution >= 4 is 11.6 Å². The van der Waals surface area contributed by atoms with Crippen LogP contribution in [0.4, 0.5) is 5.69 Å². The van der Waals surface area contributed by atoms with E-state index in [1.807, 2.05) is 66.7 Å². The minimum Gasteiger partial charge on any atom is -0.496 e. The molecule has 0 saturated heterocycles. The van der Waals surface area contributed by atoms with Crippen LogP contribution in [-0.2, 0) is 6.42 Å². The monoisotopic (exact) mass is 466 g/mol. The Morgan fingerprint density at radius 2 is 1.63 bits per heavy atom. The summed E-state index contributed by atoms with van der Waals surface area (Å²) in [4.78, 5) is 26.4. The van der Waals surface area contributed by atoms with Crippen LogP contribution in [0.25, 0.3) is 11.1 Å². The molecule has 3 aromatic carbocycles. The van der Waals surface area contributed by atoms with Crippen molar-refractivity contribution in [1.29, 1.82) is 0 Å². The van der Waals surface area contributed by atoms with E-state index >= 15 is 0 Å². The van der Waals surface area contributed by atoms with E-state index in [9.17, 15) is 9.59 Å². The number of methoxy groups -OCH3 is 2. The van der Waals surface area contributed by atoms with Gasteiger partial charge in [-0.25, -0.2) is 0 Å². The predicted molar refractivity (Wildman–Crippen MR) is 137 cm³/mol. The number of carbonyl (C=O) groups is 1. The van der Waals surface area contributed by atoms with Crippen molar-refractivity contribution in [2.45, 2.75) is 18.9 Å². The number of carbonyl (C=O) groups excluding carboxylic acids is 1. The lowest BCUT2D eigenvalue weighted by Crippen LogP contribution is -2.30. The summed E-state index contributed by atoms with van der Waals surface area (Å²) in [7, 11) is 3.30. The summed E-state index contributed by atoms with van der Waals surface area (Å²) >= 11 is 0. The van der Waals surface area contributed by atoms with E-state index in [0.717, 1.165) is 46.6 Å². The first-order valence-electron chi connectivity index (χ1n) is 11.5. The topological polar surface area (TPSA) is 69.6 Å². The third kappa shape index (κ3) is 4.19. The van der Waals surface area contributed by atoms with Crippen LogP contribution >= 0.6 is 0 Å². The normalized spacial score (nSPS) is 14.3. The summed E-state index contributed by atoms with van der Waals surface area (Å²) in [5.41, 5.74) is 4.53. The van der Waals surface area contributed by atoms with Crippen LogP contribution in [-0.4, -0.2) is 24.7 Å². The fraction of sp³-hybridized carbons (Fsp3) is 0.172. The van der Waals surface area contributed by atoms with Crippen molar-refractivity contribution in [3.8, 4) is 22.6 Å². The molecule has 6 heteroatoms. The fourth-order valence-electron chi connectivity index (χ4n) is 4.82. The second-order valence-electron chi connectivity index (χ2n) is 8.45. The summed E-state index contributed by atoms with van der Waals surface area (Å²) < 4.78 is 12.6. The number of benzene rings is 3. The van der Waals surface area contributed by atoms with Gasteiger partial charge in [0, 0.05) is 17.4 Å². The zero-order chi connectivity index (χ0) is 24.4. The van der Waals surface area contributed by atoms with Gasteiger partial charge >= 0.3 is 0 Å². The van der Waals surface area contributed by atoms with Gasteiger partial charge in [-0.15, -0.1) is 0 Å². The molecule has 0 fully saturated rings. The Kier molecular flexibility index (Phi) is 6.10. The molecule has 35 heavy (non-hydrogen) atoms. The maximum Gasteiger partial charge on any atom is 0.263 e. The standard InChI is InChI=1S/C29H26N2O4/c1-34-26-10-4-3-7-21(26)19-12-14-20(15-13-19)30-28(32)24-9-6-18-31(29(24)33)25-17-16-23-22(25)8-5-11-27(23)35-2/h3-15,18,25H,16-17H2,1-2H3,(H,30,32). The summed E-state index contributed by atoms with van der Waals surface area (Å²) in [5, 5.41) is 2.86. The summed E-state index contributed by atoms with van der Waals surface area (Å²) in [6.07, 6.45) is 3.36. The molecule has 4 aromatic rings. The number of fused-ring (bicyclic) bond motifs is 1. The molecule has 1 aliphatic rings. The Morgan fingerprint density at radius 3 is 2.40 bits per heavy atom. The van der Waals surface area contributed by atoms with Gasteiger partial charge in [-0.2, -0.15) is 0 Å². The van der Waals surface area contributed by atoms with Crippen LogP contribution in [0.2, 0.25) is 0 Å². The quantitative estimate of drug-likeness (QED) is 0.418. The number of nitrogens with one attached hydrogen (secondary N) is 1. The van der Waals surface area contributed by atoms with Crippen molar-refractivity contribution in [2.75, 3.05) is 19.5 Å². The van der Waals surface area contributed by atoms with Gasteiger partial charge in [-0.05, 0) is 65.9 Å². The van der Waals surface area contributed by atoms with Crippen LogP contribution in [0.3, 0.4) is 0 Å². The maximum atomic E-state index is 13.3. The second-order valence-corrected chi connectivity index (χ2v) is 8.45. The highest BCUT2D eigenvalue weighted by Crippen LogP contribution is 2.38. The number of pyridine rings is 1. The Morgan fingerprint density at radius 1 is 0.886 bits per heavy atom. The molecule has 0 saturated carbocycles. The Hall–Kier alpha value is -4.32. The molecule has 0 radical (unpaired) electrons. The number of anilines is 1. The van der Waals surface area contributed by atoms with Crippen LogP contribution in [0.1, 0.15) is 33.9 Å². The zero-order valence-corrected chi connectivity index (χ0v) is 19.7. The average Bonchev–Trinajstić information content (AvgIpc) is 3.33. The fourth-order valence-corrected chi connectivity index (χ4v) is 4.82. The highest BCUT2D eigenvalue weighted by atomic mass is 16.5. The Bertz CT molecular complexity index is 1440. The number of ether oxygens (including phenoxy) is 2. The Balaban J connectivity index is 1.38. The summed E-state index contributed by atoms with van der Waals surface area (Å²) in [5.74, 6) is 1.18. The van der Waals surface area contributed by atoms with Crippen molar-refractivity contribution in [2.24, 2.45) is 0 Å². The number of para-hydroxylation sites is 1. The smallest absolute Gasteiger partial charge is 0.263 e. The second kappa shape index (κ2) is 9.50. The van der Waals surface area contributed by atoms with E-state index in [2.05, 4.69) is 5.32 Å². The zero-order valence-electron chi connectivity index (χ0n) is 19.7. The number of hydrogen-bond acceptors (Lipinski definition) is 4. The number of aromatic nitrogens is 1. The highest BCUT2D eigenvalue weighted by molar-refractivity contribution is 6.04. The van der Waals surface area contributed by atoms with E-state index in [-0.39, 0.29) is 17.2 Å². The first-order chi connectivity index (χ1) is 17.1. The minimum absolute atomic E-state index is 0.109. The van der Waals surface area contributed by atoms with E-state index in [1.54, 1.807) is 37.1 Å². The Labute approximate surface area is 203 Å². The van der Waals surface area contributed by atoms with E-state index in [1.165, 1.54) is 0 Å². The SMILES string of the molecule is COc1ccccc1-c1ccc(NC(=O)c2cccn(C3CCc4c(OC)cccc43)c2=O)cc1. The van der Waals surface area contributed by atoms with Gasteiger partial charge in [0.1, 0.15) is 17.1 Å². The van der Waals surface area contributed by atoms with Crippen molar-refractivity contribution in [3.05, 3.63) is 112 Å². The minimum atomic E-state index is -0.432. The largest absolute Gasteiger partial charge is 0.496 e. The lowest BCUT2D eigenvalue weighted by Gasteiger charge is -2.17. The van der Waals surface area contributed by atoms with E-state index in [0.29, 0.717) is 5.69 Å². The molecule has 5 rings (SSSR count). The molecule has 0 spiro atoms. The molecule has 1 atom stereocenters. The summed E-state index contributed by atoms with van der Waals surface area (Å²) in [6, 6.07) is 24.3. The summed E-state index contributed by atoms with van der Waals surface area (Å²) in [6.45, 7) is 0. The van der Waals surface area contributed by atoms with Gasteiger partial charge in [-0.1, -0.05) is 42.5 Å². The number of rotatable bonds is 6. The van der Waals surface area contributed by atoms with E-state index in [4.69, 9.17) is 9.47 Å². The van der Waals surface area contributed by atoms with Crippen LogP contribution < -0.4 is 20.3 Å². The molecule has 1 aromatic heterocycles. The average molecular weight is 467 g/mol. The van der Waals surface area contributed by atoms with Crippen LogP contribution in [0.15, 0.2) is 89.9 Å². The molecule has 1 aliphatic carbocycles. The van der Waals surface area contributed by atoms with Gasteiger partial charge in [0.2, 0.25) is 0 Å². The van der Waals surface area contributed by atoms with Crippen LogP contribution in [0, 0.1) is 0 Å². The van der Waals surface area contributed by atoms with Crippen LogP contribution in [0.5, 0.6) is 11.5 Å². The molecule has 176 valence electrons. The lowest BCUT2D eigenvalue weighted by atomic mass is 10.0. The molecule has 1 unspecified atom stereocenters.